The second kappa shape index (κ2) is 12.2. The summed E-state index contributed by atoms with van der Waals surface area (Å²) in [5.41, 5.74) is 5.14. The molecule has 0 saturated carbocycles. The lowest BCUT2D eigenvalue weighted by molar-refractivity contribution is 0.0434. The van der Waals surface area contributed by atoms with Crippen molar-refractivity contribution in [3.05, 3.63) is 94.8 Å². The van der Waals surface area contributed by atoms with Crippen LogP contribution in [-0.4, -0.2) is 47.3 Å². The van der Waals surface area contributed by atoms with Gasteiger partial charge in [0.25, 0.3) is 15.9 Å². The molecule has 0 aliphatic carbocycles. The van der Waals surface area contributed by atoms with Gasteiger partial charge in [-0.25, -0.2) is 18.1 Å². The maximum atomic E-state index is 14.0. The van der Waals surface area contributed by atoms with Crippen molar-refractivity contribution in [1.82, 2.24) is 19.9 Å². The molecule has 1 aliphatic rings. The Morgan fingerprint density at radius 3 is 2.29 bits per heavy atom. The van der Waals surface area contributed by atoms with Gasteiger partial charge in [0.1, 0.15) is 0 Å². The standard InChI is InChI=1S/C35H41N5O4S/c1-21(2)17-29-32(27-16-15-25(20-36-27)35(5,6)7)44-30-19-28(31-22(3)11-9-12-23(31)4)37-34(38-30)39-45(42,43)26-14-10-13-24(18-26)33(41)40(29)8/h9-16,18-21,29,32H,17H2,1-8H3,(H,37,38,39)/t29-,32+/m1/s1. The molecule has 9 nitrogen and oxygen atoms in total. The SMILES string of the molecule is Cc1cccc(C)c1-c1cc2nc(n1)NS(=O)(=O)c1cccc(c1)C(=O)N(C)[C@H](CC(C)C)[C@H](c1ccc(C(C)(C)C)cn1)O2. The van der Waals surface area contributed by atoms with E-state index >= 15 is 0 Å². The van der Waals surface area contributed by atoms with Crippen molar-refractivity contribution in [2.24, 2.45) is 5.92 Å². The van der Waals surface area contributed by atoms with Crippen LogP contribution in [0.15, 0.2) is 71.8 Å². The van der Waals surface area contributed by atoms with E-state index in [9.17, 15) is 13.2 Å². The second-order valence-electron chi connectivity index (χ2n) is 13.2. The Balaban J connectivity index is 1.77. The van der Waals surface area contributed by atoms with Crippen molar-refractivity contribution in [1.29, 1.82) is 0 Å². The molecule has 3 heterocycles. The van der Waals surface area contributed by atoms with Crippen LogP contribution in [0.25, 0.3) is 11.3 Å². The summed E-state index contributed by atoms with van der Waals surface area (Å²) in [5, 5.41) is 0. The van der Waals surface area contributed by atoms with Gasteiger partial charge in [0.15, 0.2) is 6.10 Å². The predicted octanol–water partition coefficient (Wildman–Crippen LogP) is 6.87. The van der Waals surface area contributed by atoms with E-state index in [1.54, 1.807) is 30.1 Å². The lowest BCUT2D eigenvalue weighted by Gasteiger charge is -2.35. The number of anilines is 1. The number of rotatable bonds is 4. The van der Waals surface area contributed by atoms with Crippen LogP contribution >= 0.6 is 0 Å². The summed E-state index contributed by atoms with van der Waals surface area (Å²) in [7, 11) is -2.43. The number of ether oxygens (including phenoxy) is 1. The molecule has 2 atom stereocenters. The highest BCUT2D eigenvalue weighted by Gasteiger charge is 2.35. The Kier molecular flexibility index (Phi) is 8.72. The van der Waals surface area contributed by atoms with Gasteiger partial charge in [0, 0.05) is 30.4 Å². The number of hydrogen-bond acceptors (Lipinski definition) is 7. The van der Waals surface area contributed by atoms with Gasteiger partial charge in [-0.1, -0.05) is 65.0 Å². The number of benzene rings is 2. The van der Waals surface area contributed by atoms with Gasteiger partial charge in [-0.15, -0.1) is 0 Å². The van der Waals surface area contributed by atoms with Gasteiger partial charge >= 0.3 is 0 Å². The third-order valence-corrected chi connectivity index (χ3v) is 9.45. The summed E-state index contributed by atoms with van der Waals surface area (Å²) in [6, 6.07) is 17.1. The number of sulfonamides is 1. The zero-order valence-electron chi connectivity index (χ0n) is 27.1. The normalized spacial score (nSPS) is 18.3. The second-order valence-corrected chi connectivity index (χ2v) is 14.9. The van der Waals surface area contributed by atoms with Crippen molar-refractivity contribution in [2.75, 3.05) is 11.8 Å². The number of pyridine rings is 1. The molecule has 0 saturated heterocycles. The summed E-state index contributed by atoms with van der Waals surface area (Å²) in [6.07, 6.45) is 1.71. The van der Waals surface area contributed by atoms with E-state index in [2.05, 4.69) is 49.3 Å². The monoisotopic (exact) mass is 627 g/mol. The molecule has 45 heavy (non-hydrogen) atoms. The summed E-state index contributed by atoms with van der Waals surface area (Å²) >= 11 is 0. The largest absolute Gasteiger partial charge is 0.465 e. The predicted molar refractivity (Wildman–Crippen MR) is 176 cm³/mol. The minimum Gasteiger partial charge on any atom is -0.465 e. The van der Waals surface area contributed by atoms with Crippen molar-refractivity contribution in [3.63, 3.8) is 0 Å². The molecule has 4 bridgehead atoms. The molecule has 0 spiro atoms. The summed E-state index contributed by atoms with van der Waals surface area (Å²) in [6.45, 7) is 14.5. The average Bonchev–Trinajstić information content (AvgIpc) is 2.97. The molecule has 5 rings (SSSR count). The number of carbonyl (C=O) groups is 1. The van der Waals surface area contributed by atoms with Crippen LogP contribution in [0.5, 0.6) is 5.88 Å². The fourth-order valence-electron chi connectivity index (χ4n) is 5.66. The van der Waals surface area contributed by atoms with Crippen LogP contribution in [0.1, 0.15) is 79.9 Å². The van der Waals surface area contributed by atoms with Crippen molar-refractivity contribution >= 4 is 21.9 Å². The number of nitrogens with zero attached hydrogens (tertiary/aromatic N) is 4. The van der Waals surface area contributed by atoms with Crippen LogP contribution in [0.3, 0.4) is 0 Å². The lowest BCUT2D eigenvalue weighted by Crippen LogP contribution is -2.44. The van der Waals surface area contributed by atoms with Crippen LogP contribution in [0.2, 0.25) is 0 Å². The fourth-order valence-corrected chi connectivity index (χ4v) is 6.65. The Bertz CT molecular complexity index is 1810. The van der Waals surface area contributed by atoms with Crippen LogP contribution in [0.4, 0.5) is 5.95 Å². The minimum absolute atomic E-state index is 0.0686. The first kappa shape index (κ1) is 32.1. The van der Waals surface area contributed by atoms with Crippen molar-refractivity contribution in [2.45, 2.75) is 77.3 Å². The highest BCUT2D eigenvalue weighted by Crippen LogP contribution is 2.35. The zero-order valence-corrected chi connectivity index (χ0v) is 27.9. The van der Waals surface area contributed by atoms with Crippen molar-refractivity contribution < 1.29 is 17.9 Å². The summed E-state index contributed by atoms with van der Waals surface area (Å²) in [5.74, 6) is -0.108. The molecule has 4 aromatic rings. The molecular weight excluding hydrogens is 586 g/mol. The minimum atomic E-state index is -4.15. The first-order valence-electron chi connectivity index (χ1n) is 15.1. The molecule has 0 unspecified atom stereocenters. The quantitative estimate of drug-likeness (QED) is 0.263. The molecule has 0 fully saturated rings. The third-order valence-electron chi connectivity index (χ3n) is 8.13. The van der Waals surface area contributed by atoms with E-state index < -0.39 is 22.2 Å². The smallest absolute Gasteiger partial charge is 0.264 e. The first-order valence-corrected chi connectivity index (χ1v) is 16.6. The lowest BCUT2D eigenvalue weighted by atomic mass is 9.87. The first-order chi connectivity index (χ1) is 21.1. The maximum absolute atomic E-state index is 14.0. The van der Waals surface area contributed by atoms with Gasteiger partial charge in [-0.2, -0.15) is 4.98 Å². The van der Waals surface area contributed by atoms with E-state index in [0.29, 0.717) is 17.8 Å². The zero-order chi connectivity index (χ0) is 32.7. The van der Waals surface area contributed by atoms with E-state index in [-0.39, 0.29) is 39.5 Å². The fraction of sp³-hybridized carbons (Fsp3) is 0.371. The highest BCUT2D eigenvalue weighted by atomic mass is 32.2. The Hall–Kier alpha value is -4.31. The van der Waals surface area contributed by atoms with Crippen LogP contribution < -0.4 is 9.46 Å². The van der Waals surface area contributed by atoms with Crippen LogP contribution in [-0.2, 0) is 15.4 Å². The molecule has 10 heteroatoms. The maximum Gasteiger partial charge on any atom is 0.264 e. The number of fused-ring (bicyclic) bond motifs is 4. The molecule has 1 amide bonds. The van der Waals surface area contributed by atoms with Gasteiger partial charge in [-0.3, -0.25) is 9.78 Å². The third kappa shape index (κ3) is 6.86. The number of carbonyl (C=O) groups excluding carboxylic acids is 1. The van der Waals surface area contributed by atoms with Gasteiger partial charge in [0.2, 0.25) is 11.8 Å². The number of aromatic nitrogens is 3. The van der Waals surface area contributed by atoms with Crippen molar-refractivity contribution in [3.8, 4) is 17.1 Å². The average molecular weight is 628 g/mol. The molecule has 236 valence electrons. The summed E-state index contributed by atoms with van der Waals surface area (Å²) in [4.78, 5) is 29.6. The number of nitrogens with one attached hydrogen (secondary N) is 1. The number of aryl methyl sites for hydroxylation is 2. The van der Waals surface area contributed by atoms with E-state index in [1.807, 2.05) is 50.4 Å². The van der Waals surface area contributed by atoms with Gasteiger partial charge in [0.05, 0.1) is 22.3 Å². The molecule has 2 aromatic heterocycles. The van der Waals surface area contributed by atoms with Gasteiger partial charge in [-0.05, 0) is 72.6 Å². The Labute approximate surface area is 266 Å². The molecular formula is C35H41N5O4S. The van der Waals surface area contributed by atoms with E-state index in [1.165, 1.54) is 12.1 Å². The highest BCUT2D eigenvalue weighted by molar-refractivity contribution is 7.92. The molecule has 0 radical (unpaired) electrons. The number of amides is 1. The van der Waals surface area contributed by atoms with Crippen LogP contribution in [0, 0.1) is 19.8 Å². The number of hydrogen-bond donors (Lipinski definition) is 1. The molecule has 1 aliphatic heterocycles. The molecule has 2 aromatic carbocycles. The Morgan fingerprint density at radius 1 is 0.978 bits per heavy atom. The topological polar surface area (TPSA) is 114 Å². The van der Waals surface area contributed by atoms with E-state index in [4.69, 9.17) is 9.72 Å². The summed E-state index contributed by atoms with van der Waals surface area (Å²) < 4.78 is 36.4. The Morgan fingerprint density at radius 2 is 1.67 bits per heavy atom. The van der Waals surface area contributed by atoms with E-state index in [0.717, 1.165) is 22.3 Å². The van der Waals surface area contributed by atoms with Gasteiger partial charge < -0.3 is 9.64 Å². The molecule has 1 N–H and O–H groups in total. The number of likely N-dealkylation sites (N-methyl/N-ethyl adjacent to an activating group) is 1.